The molecular weight excluding hydrogens is 379 g/mol. The van der Waals surface area contributed by atoms with Gasteiger partial charge in [0.25, 0.3) is 5.91 Å². The zero-order valence-corrected chi connectivity index (χ0v) is 14.9. The molecule has 29 heavy (non-hydrogen) atoms. The number of benzene rings is 3. The van der Waals surface area contributed by atoms with Crippen LogP contribution in [0.1, 0.15) is 15.9 Å². The Bertz CT molecular complexity index is 1210. The van der Waals surface area contributed by atoms with Gasteiger partial charge in [0.15, 0.2) is 5.82 Å². The van der Waals surface area contributed by atoms with Crippen LogP contribution in [0.3, 0.4) is 0 Å². The molecule has 0 unspecified atom stereocenters. The van der Waals surface area contributed by atoms with E-state index in [1.54, 1.807) is 30.5 Å². The fourth-order valence-corrected chi connectivity index (χ4v) is 2.97. The van der Waals surface area contributed by atoms with E-state index in [1.165, 1.54) is 12.1 Å². The summed E-state index contributed by atoms with van der Waals surface area (Å²) in [5.41, 5.74) is 0.337. The molecule has 1 N–H and O–H groups in total. The molecule has 4 nitrogen and oxygen atoms in total. The van der Waals surface area contributed by atoms with Crippen LogP contribution in [0.4, 0.5) is 18.9 Å². The van der Waals surface area contributed by atoms with E-state index in [0.717, 1.165) is 23.0 Å². The standard InChI is InChI=1S/C22H14F3N3O/c23-22(24,25)18-10-3-2-9-17(18)21(29)27-16-8-5-7-14(12-16)20-26-13-15-6-1-4-11-19(15)28-20/h1-13H,(H,27,29). The number of halogens is 3. The summed E-state index contributed by atoms with van der Waals surface area (Å²) in [7, 11) is 0. The van der Waals surface area contributed by atoms with Gasteiger partial charge in [-0.05, 0) is 30.3 Å². The quantitative estimate of drug-likeness (QED) is 0.495. The largest absolute Gasteiger partial charge is 0.417 e. The molecule has 0 saturated heterocycles. The van der Waals surface area contributed by atoms with Gasteiger partial charge in [-0.1, -0.05) is 42.5 Å². The number of fused-ring (bicyclic) bond motifs is 1. The minimum Gasteiger partial charge on any atom is -0.322 e. The Hall–Kier alpha value is -3.74. The number of aromatic nitrogens is 2. The molecule has 0 aliphatic heterocycles. The predicted octanol–water partition coefficient (Wildman–Crippen LogP) is 5.57. The van der Waals surface area contributed by atoms with Crippen LogP contribution in [0.5, 0.6) is 0 Å². The lowest BCUT2D eigenvalue weighted by atomic mass is 10.1. The Kier molecular flexibility index (Phi) is 4.72. The maximum atomic E-state index is 13.2. The lowest BCUT2D eigenvalue weighted by Gasteiger charge is -2.13. The van der Waals surface area contributed by atoms with Crippen molar-refractivity contribution in [2.45, 2.75) is 6.18 Å². The van der Waals surface area contributed by atoms with Crippen LogP contribution in [0.25, 0.3) is 22.3 Å². The molecule has 1 aromatic heterocycles. The molecule has 0 atom stereocenters. The summed E-state index contributed by atoms with van der Waals surface area (Å²) in [5.74, 6) is -0.384. The Morgan fingerprint density at radius 1 is 0.897 bits per heavy atom. The van der Waals surface area contributed by atoms with Crippen LogP contribution in [0, 0.1) is 0 Å². The summed E-state index contributed by atoms with van der Waals surface area (Å²) in [6, 6.07) is 18.9. The third-order valence-electron chi connectivity index (χ3n) is 4.34. The number of hydrogen-bond acceptors (Lipinski definition) is 3. The first-order chi connectivity index (χ1) is 13.9. The summed E-state index contributed by atoms with van der Waals surface area (Å²) < 4.78 is 39.5. The zero-order valence-electron chi connectivity index (χ0n) is 14.9. The first-order valence-electron chi connectivity index (χ1n) is 8.71. The van der Waals surface area contributed by atoms with Crippen LogP contribution < -0.4 is 5.32 Å². The second-order valence-electron chi connectivity index (χ2n) is 6.33. The number of carbonyl (C=O) groups is 1. The van der Waals surface area contributed by atoms with E-state index in [4.69, 9.17) is 0 Å². The van der Waals surface area contributed by atoms with Gasteiger partial charge in [0.2, 0.25) is 0 Å². The molecule has 0 aliphatic carbocycles. The van der Waals surface area contributed by atoms with Crippen molar-refractivity contribution in [1.82, 2.24) is 9.97 Å². The number of rotatable bonds is 3. The molecule has 0 radical (unpaired) electrons. The highest BCUT2D eigenvalue weighted by Gasteiger charge is 2.34. The van der Waals surface area contributed by atoms with E-state index in [2.05, 4.69) is 15.3 Å². The Labute approximate surface area is 164 Å². The first-order valence-corrected chi connectivity index (χ1v) is 8.71. The highest BCUT2D eigenvalue weighted by molar-refractivity contribution is 6.05. The van der Waals surface area contributed by atoms with Gasteiger partial charge < -0.3 is 5.32 Å². The number of hydrogen-bond donors (Lipinski definition) is 1. The molecular formula is C22H14F3N3O. The van der Waals surface area contributed by atoms with Crippen LogP contribution in [0.15, 0.2) is 79.0 Å². The van der Waals surface area contributed by atoms with Crippen molar-refractivity contribution in [3.63, 3.8) is 0 Å². The SMILES string of the molecule is O=C(Nc1cccc(-c2ncc3ccccc3n2)c1)c1ccccc1C(F)(F)F. The molecule has 0 saturated carbocycles. The van der Waals surface area contributed by atoms with E-state index >= 15 is 0 Å². The molecule has 4 rings (SSSR count). The van der Waals surface area contributed by atoms with Gasteiger partial charge in [0.05, 0.1) is 16.6 Å². The van der Waals surface area contributed by atoms with Crippen molar-refractivity contribution in [2.75, 3.05) is 5.32 Å². The Balaban J connectivity index is 1.63. The molecule has 1 heterocycles. The third kappa shape index (κ3) is 3.94. The molecule has 3 aromatic carbocycles. The summed E-state index contributed by atoms with van der Waals surface area (Å²) in [6.07, 6.45) is -2.92. The van der Waals surface area contributed by atoms with Crippen molar-refractivity contribution >= 4 is 22.5 Å². The smallest absolute Gasteiger partial charge is 0.322 e. The Morgan fingerprint density at radius 3 is 2.48 bits per heavy atom. The van der Waals surface area contributed by atoms with Crippen molar-refractivity contribution < 1.29 is 18.0 Å². The van der Waals surface area contributed by atoms with Crippen molar-refractivity contribution in [2.24, 2.45) is 0 Å². The van der Waals surface area contributed by atoms with Gasteiger partial charge in [-0.3, -0.25) is 4.79 Å². The fourth-order valence-electron chi connectivity index (χ4n) is 2.97. The third-order valence-corrected chi connectivity index (χ3v) is 4.34. The summed E-state index contributed by atoms with van der Waals surface area (Å²) in [5, 5.41) is 3.42. The van der Waals surface area contributed by atoms with Gasteiger partial charge in [0.1, 0.15) is 0 Å². The van der Waals surface area contributed by atoms with E-state index in [0.29, 0.717) is 17.1 Å². The number of anilines is 1. The Morgan fingerprint density at radius 2 is 1.66 bits per heavy atom. The van der Waals surface area contributed by atoms with E-state index in [1.807, 2.05) is 24.3 Å². The molecule has 7 heteroatoms. The van der Waals surface area contributed by atoms with Crippen LogP contribution in [-0.4, -0.2) is 15.9 Å². The van der Waals surface area contributed by atoms with Crippen LogP contribution in [0.2, 0.25) is 0 Å². The van der Waals surface area contributed by atoms with Gasteiger partial charge in [-0.25, -0.2) is 9.97 Å². The molecule has 1 amide bonds. The van der Waals surface area contributed by atoms with Crippen molar-refractivity contribution in [3.05, 3.63) is 90.1 Å². The lowest BCUT2D eigenvalue weighted by Crippen LogP contribution is -2.18. The van der Waals surface area contributed by atoms with Crippen LogP contribution in [-0.2, 0) is 6.18 Å². The van der Waals surface area contributed by atoms with Crippen LogP contribution >= 0.6 is 0 Å². The molecule has 0 bridgehead atoms. The number of alkyl halides is 3. The topological polar surface area (TPSA) is 54.9 Å². The van der Waals surface area contributed by atoms with Gasteiger partial charge in [0, 0.05) is 22.8 Å². The number of carbonyl (C=O) groups excluding carboxylic acids is 1. The number of nitrogens with zero attached hydrogens (tertiary/aromatic N) is 2. The van der Waals surface area contributed by atoms with Gasteiger partial charge in [-0.15, -0.1) is 0 Å². The summed E-state index contributed by atoms with van der Waals surface area (Å²) >= 11 is 0. The minimum absolute atomic E-state index is 0.348. The maximum absolute atomic E-state index is 13.2. The molecule has 144 valence electrons. The normalized spacial score (nSPS) is 11.4. The number of para-hydroxylation sites is 1. The molecule has 4 aromatic rings. The van der Waals surface area contributed by atoms with E-state index in [-0.39, 0.29) is 0 Å². The zero-order chi connectivity index (χ0) is 20.4. The minimum atomic E-state index is -4.62. The molecule has 0 spiro atoms. The second-order valence-corrected chi connectivity index (χ2v) is 6.33. The highest BCUT2D eigenvalue weighted by Crippen LogP contribution is 2.32. The van der Waals surface area contributed by atoms with Gasteiger partial charge >= 0.3 is 6.18 Å². The highest BCUT2D eigenvalue weighted by atomic mass is 19.4. The lowest BCUT2D eigenvalue weighted by molar-refractivity contribution is -0.137. The van der Waals surface area contributed by atoms with E-state index < -0.39 is 23.2 Å². The van der Waals surface area contributed by atoms with Gasteiger partial charge in [-0.2, -0.15) is 13.2 Å². The summed E-state index contributed by atoms with van der Waals surface area (Å²) in [6.45, 7) is 0. The first kappa shape index (κ1) is 18.6. The number of amides is 1. The average Bonchev–Trinajstić information content (AvgIpc) is 2.73. The molecule has 0 fully saturated rings. The summed E-state index contributed by atoms with van der Waals surface area (Å²) in [4.78, 5) is 21.3. The predicted molar refractivity (Wildman–Crippen MR) is 104 cm³/mol. The second kappa shape index (κ2) is 7.35. The fraction of sp³-hybridized carbons (Fsp3) is 0.0455. The average molecular weight is 393 g/mol. The number of nitrogens with one attached hydrogen (secondary N) is 1. The van der Waals surface area contributed by atoms with E-state index in [9.17, 15) is 18.0 Å². The maximum Gasteiger partial charge on any atom is 0.417 e. The van der Waals surface area contributed by atoms with Crippen molar-refractivity contribution in [1.29, 1.82) is 0 Å². The van der Waals surface area contributed by atoms with Crippen molar-refractivity contribution in [3.8, 4) is 11.4 Å². The molecule has 0 aliphatic rings. The monoisotopic (exact) mass is 393 g/mol.